The van der Waals surface area contributed by atoms with E-state index < -0.39 is 0 Å². The first-order valence-electron chi connectivity index (χ1n) is 8.49. The fourth-order valence-corrected chi connectivity index (χ4v) is 3.45. The van der Waals surface area contributed by atoms with Gasteiger partial charge in [-0.05, 0) is 43.0 Å². The summed E-state index contributed by atoms with van der Waals surface area (Å²) < 4.78 is 14.2. The van der Waals surface area contributed by atoms with Crippen LogP contribution in [0.3, 0.4) is 0 Å². The summed E-state index contributed by atoms with van der Waals surface area (Å²) in [6.07, 6.45) is 2.41. The highest BCUT2D eigenvalue weighted by atomic mass is 19.1. The minimum atomic E-state index is -0.286. The molecule has 0 radical (unpaired) electrons. The van der Waals surface area contributed by atoms with E-state index in [1.807, 2.05) is 24.3 Å². The zero-order valence-corrected chi connectivity index (χ0v) is 13.7. The summed E-state index contributed by atoms with van der Waals surface area (Å²) in [5.41, 5.74) is 1.31. The molecule has 0 aliphatic carbocycles. The smallest absolute Gasteiger partial charge is 0.165 e. The van der Waals surface area contributed by atoms with E-state index in [2.05, 4.69) is 22.9 Å². The molecule has 0 unspecified atom stereocenters. The number of halogens is 1. The van der Waals surface area contributed by atoms with Crippen LogP contribution in [0, 0.1) is 11.7 Å². The zero-order chi connectivity index (χ0) is 16.5. The van der Waals surface area contributed by atoms with Crippen molar-refractivity contribution < 1.29 is 4.39 Å². The van der Waals surface area contributed by atoms with Crippen molar-refractivity contribution >= 4 is 16.7 Å². The van der Waals surface area contributed by atoms with E-state index >= 15 is 0 Å². The third-order valence-electron chi connectivity index (χ3n) is 4.65. The third-order valence-corrected chi connectivity index (χ3v) is 4.65. The van der Waals surface area contributed by atoms with Crippen LogP contribution in [-0.4, -0.2) is 23.1 Å². The second kappa shape index (κ2) is 6.19. The highest BCUT2D eigenvalue weighted by Gasteiger charge is 2.21. The molecule has 0 amide bonds. The van der Waals surface area contributed by atoms with E-state index in [1.54, 1.807) is 12.1 Å². The van der Waals surface area contributed by atoms with Gasteiger partial charge in [-0.25, -0.2) is 14.4 Å². The number of rotatable bonds is 2. The molecule has 0 bridgehead atoms. The van der Waals surface area contributed by atoms with Gasteiger partial charge in [0.1, 0.15) is 11.6 Å². The minimum Gasteiger partial charge on any atom is -0.356 e. The number of aromatic nitrogens is 2. The van der Waals surface area contributed by atoms with Gasteiger partial charge in [-0.15, -0.1) is 0 Å². The maximum absolute atomic E-state index is 14.2. The Hall–Kier alpha value is -2.49. The molecule has 1 aromatic heterocycles. The van der Waals surface area contributed by atoms with Crippen molar-refractivity contribution in [2.24, 2.45) is 5.92 Å². The monoisotopic (exact) mass is 321 g/mol. The van der Waals surface area contributed by atoms with Gasteiger partial charge < -0.3 is 4.90 Å². The molecule has 1 atom stereocenters. The molecule has 122 valence electrons. The van der Waals surface area contributed by atoms with E-state index in [0.717, 1.165) is 36.2 Å². The van der Waals surface area contributed by atoms with Crippen LogP contribution in [0.25, 0.3) is 22.3 Å². The van der Waals surface area contributed by atoms with Crippen molar-refractivity contribution in [2.45, 2.75) is 19.8 Å². The van der Waals surface area contributed by atoms with E-state index in [9.17, 15) is 4.39 Å². The van der Waals surface area contributed by atoms with Gasteiger partial charge in [0.25, 0.3) is 0 Å². The molecule has 0 saturated carbocycles. The minimum absolute atomic E-state index is 0.286. The van der Waals surface area contributed by atoms with Crippen molar-refractivity contribution in [1.29, 1.82) is 0 Å². The molecule has 1 aliphatic heterocycles. The quantitative estimate of drug-likeness (QED) is 0.686. The number of hydrogen-bond acceptors (Lipinski definition) is 3. The Labute approximate surface area is 141 Å². The summed E-state index contributed by atoms with van der Waals surface area (Å²) in [6, 6.07) is 14.7. The summed E-state index contributed by atoms with van der Waals surface area (Å²) in [7, 11) is 0. The summed E-state index contributed by atoms with van der Waals surface area (Å²) in [5.74, 6) is 1.74. The highest BCUT2D eigenvalue weighted by molar-refractivity contribution is 5.91. The second-order valence-corrected chi connectivity index (χ2v) is 6.56. The van der Waals surface area contributed by atoms with Crippen LogP contribution in [0.5, 0.6) is 0 Å². The Morgan fingerprint density at radius 2 is 1.83 bits per heavy atom. The molecule has 24 heavy (non-hydrogen) atoms. The van der Waals surface area contributed by atoms with Crippen LogP contribution in [0.4, 0.5) is 10.2 Å². The molecule has 2 aromatic carbocycles. The topological polar surface area (TPSA) is 29.0 Å². The average Bonchev–Trinajstić information content (AvgIpc) is 2.61. The average molecular weight is 321 g/mol. The third kappa shape index (κ3) is 2.73. The van der Waals surface area contributed by atoms with E-state index in [0.29, 0.717) is 17.3 Å². The maximum Gasteiger partial charge on any atom is 0.165 e. The first kappa shape index (κ1) is 15.1. The Morgan fingerprint density at radius 1 is 1.04 bits per heavy atom. The van der Waals surface area contributed by atoms with Gasteiger partial charge in [0.05, 0.1) is 11.1 Å². The van der Waals surface area contributed by atoms with Crippen LogP contribution < -0.4 is 4.90 Å². The lowest BCUT2D eigenvalue weighted by Crippen LogP contribution is -2.35. The number of benzene rings is 2. The SMILES string of the molecule is C[C@@H]1CCCN(c2nc(-c3ccccc3F)nc3ccccc23)C1. The number of anilines is 1. The van der Waals surface area contributed by atoms with Gasteiger partial charge in [0.2, 0.25) is 0 Å². The Kier molecular flexibility index (Phi) is 3.89. The summed E-state index contributed by atoms with van der Waals surface area (Å²) in [5, 5.41) is 1.03. The second-order valence-electron chi connectivity index (χ2n) is 6.56. The van der Waals surface area contributed by atoms with Gasteiger partial charge in [0, 0.05) is 18.5 Å². The van der Waals surface area contributed by atoms with E-state index in [-0.39, 0.29) is 5.82 Å². The maximum atomic E-state index is 14.2. The summed E-state index contributed by atoms with van der Waals surface area (Å²) in [6.45, 7) is 4.24. The van der Waals surface area contributed by atoms with Crippen LogP contribution in [0.1, 0.15) is 19.8 Å². The number of fused-ring (bicyclic) bond motifs is 1. The standard InChI is InChI=1S/C20H20FN3/c1-14-7-6-12-24(13-14)20-16-9-3-5-11-18(16)22-19(23-20)15-8-2-4-10-17(15)21/h2-5,8-11,14H,6-7,12-13H2,1H3/t14-/m1/s1. The van der Waals surface area contributed by atoms with Crippen LogP contribution in [-0.2, 0) is 0 Å². The predicted molar refractivity (Wildman–Crippen MR) is 95.5 cm³/mol. The Bertz CT molecular complexity index is 878. The van der Waals surface area contributed by atoms with E-state index in [1.165, 1.54) is 12.5 Å². The van der Waals surface area contributed by atoms with Crippen molar-refractivity contribution in [1.82, 2.24) is 9.97 Å². The molecule has 0 spiro atoms. The van der Waals surface area contributed by atoms with Gasteiger partial charge in [0.15, 0.2) is 5.82 Å². The lowest BCUT2D eigenvalue weighted by Gasteiger charge is -2.32. The molecule has 4 heteroatoms. The first-order valence-corrected chi connectivity index (χ1v) is 8.49. The molecule has 2 heterocycles. The van der Waals surface area contributed by atoms with Crippen molar-refractivity contribution in [3.8, 4) is 11.4 Å². The Balaban J connectivity index is 1.90. The molecule has 1 aliphatic rings. The van der Waals surface area contributed by atoms with Gasteiger partial charge in [-0.3, -0.25) is 0 Å². The Morgan fingerprint density at radius 3 is 2.67 bits per heavy atom. The molecule has 3 nitrogen and oxygen atoms in total. The van der Waals surface area contributed by atoms with Crippen LogP contribution >= 0.6 is 0 Å². The number of nitrogens with zero attached hydrogens (tertiary/aromatic N) is 3. The molecular weight excluding hydrogens is 301 g/mol. The molecule has 1 fully saturated rings. The van der Waals surface area contributed by atoms with Crippen molar-refractivity contribution in [3.05, 3.63) is 54.3 Å². The van der Waals surface area contributed by atoms with Gasteiger partial charge in [-0.2, -0.15) is 0 Å². The van der Waals surface area contributed by atoms with Crippen LogP contribution in [0.15, 0.2) is 48.5 Å². The fraction of sp³-hybridized carbons (Fsp3) is 0.300. The number of para-hydroxylation sites is 1. The zero-order valence-electron chi connectivity index (χ0n) is 13.7. The fourth-order valence-electron chi connectivity index (χ4n) is 3.45. The van der Waals surface area contributed by atoms with Crippen LogP contribution in [0.2, 0.25) is 0 Å². The highest BCUT2D eigenvalue weighted by Crippen LogP contribution is 2.31. The van der Waals surface area contributed by atoms with Gasteiger partial charge in [-0.1, -0.05) is 31.2 Å². The summed E-state index contributed by atoms with van der Waals surface area (Å²) in [4.78, 5) is 11.7. The molecule has 4 rings (SSSR count). The number of hydrogen-bond donors (Lipinski definition) is 0. The molecule has 1 saturated heterocycles. The predicted octanol–water partition coefficient (Wildman–Crippen LogP) is 4.67. The normalized spacial score (nSPS) is 18.1. The molecule has 3 aromatic rings. The first-order chi connectivity index (χ1) is 11.7. The lowest BCUT2D eigenvalue weighted by atomic mass is 10.00. The largest absolute Gasteiger partial charge is 0.356 e. The molecular formula is C20H20FN3. The number of piperidine rings is 1. The lowest BCUT2D eigenvalue weighted by molar-refractivity contribution is 0.445. The van der Waals surface area contributed by atoms with Crippen molar-refractivity contribution in [3.63, 3.8) is 0 Å². The summed E-state index contributed by atoms with van der Waals surface area (Å²) >= 11 is 0. The van der Waals surface area contributed by atoms with E-state index in [4.69, 9.17) is 4.98 Å². The van der Waals surface area contributed by atoms with Gasteiger partial charge >= 0.3 is 0 Å². The van der Waals surface area contributed by atoms with Crippen molar-refractivity contribution in [2.75, 3.05) is 18.0 Å². The molecule has 0 N–H and O–H groups in total.